The molecule has 8 nitrogen and oxygen atoms in total. The number of aliphatic carboxylic acids is 1. The van der Waals surface area contributed by atoms with Gasteiger partial charge in [0.2, 0.25) is 0 Å². The molecule has 0 heterocycles. The third-order valence-corrected chi connectivity index (χ3v) is 2.89. The van der Waals surface area contributed by atoms with Crippen molar-refractivity contribution in [2.24, 2.45) is 0 Å². The van der Waals surface area contributed by atoms with Crippen LogP contribution in [0.3, 0.4) is 0 Å². The summed E-state index contributed by atoms with van der Waals surface area (Å²) in [5.41, 5.74) is 0. The van der Waals surface area contributed by atoms with Crippen LogP contribution in [-0.2, 0) is 23.1 Å². The minimum absolute atomic E-state index is 0.157. The topological polar surface area (TPSA) is 111 Å². The molecule has 0 aliphatic carbocycles. The maximum absolute atomic E-state index is 11.7. The van der Waals surface area contributed by atoms with Crippen LogP contribution in [-0.4, -0.2) is 37.0 Å². The van der Waals surface area contributed by atoms with Crippen LogP contribution < -0.4 is 5.09 Å². The molecule has 0 radical (unpaired) electrons. The van der Waals surface area contributed by atoms with Gasteiger partial charge >= 0.3 is 19.9 Å². The summed E-state index contributed by atoms with van der Waals surface area (Å²) in [6, 6.07) is 0. The Labute approximate surface area is 98.8 Å². The average molecular weight is 269 g/mol. The van der Waals surface area contributed by atoms with E-state index in [2.05, 4.69) is 18.9 Å². The largest absolute Gasteiger partial charge is 0.516 e. The van der Waals surface area contributed by atoms with E-state index < -0.39 is 26.0 Å². The van der Waals surface area contributed by atoms with Crippen molar-refractivity contribution in [3.8, 4) is 0 Å². The Morgan fingerprint density at radius 2 is 2.00 bits per heavy atom. The lowest BCUT2D eigenvalue weighted by atomic mass is 10.5. The zero-order valence-electron chi connectivity index (χ0n) is 9.84. The van der Waals surface area contributed by atoms with E-state index >= 15 is 0 Å². The number of carboxylic acid groups (broad SMARTS) is 1. The summed E-state index contributed by atoms with van der Waals surface area (Å²) in [7, 11) is -2.79. The Morgan fingerprint density at radius 1 is 1.41 bits per heavy atom. The molecule has 0 aromatic heterocycles. The zero-order valence-corrected chi connectivity index (χ0v) is 10.7. The predicted octanol–water partition coefficient (Wildman–Crippen LogP) is 1.37. The molecule has 100 valence electrons. The summed E-state index contributed by atoms with van der Waals surface area (Å²) in [6.07, 6.45) is -1.85. The van der Waals surface area contributed by atoms with Gasteiger partial charge in [0, 0.05) is 13.7 Å². The van der Waals surface area contributed by atoms with Gasteiger partial charge in [0.05, 0.1) is 12.5 Å². The maximum Gasteiger partial charge on any atom is 0.516 e. The monoisotopic (exact) mass is 269 g/mol. The van der Waals surface area contributed by atoms with Gasteiger partial charge < -0.3 is 14.4 Å². The summed E-state index contributed by atoms with van der Waals surface area (Å²) < 4.78 is 25.3. The van der Waals surface area contributed by atoms with Crippen molar-refractivity contribution in [1.29, 1.82) is 0 Å². The third-order valence-electron chi connectivity index (χ3n) is 1.41. The SMILES string of the molecule is COP(=O)(NCCC(=O)O)OC(=O)OC(C)C. The highest BCUT2D eigenvalue weighted by atomic mass is 31.2. The van der Waals surface area contributed by atoms with Gasteiger partial charge in [0.1, 0.15) is 0 Å². The molecule has 0 fully saturated rings. The highest BCUT2D eigenvalue weighted by Crippen LogP contribution is 2.42. The number of ether oxygens (including phenoxy) is 1. The smallest absolute Gasteiger partial charge is 0.481 e. The zero-order chi connectivity index (χ0) is 13.5. The van der Waals surface area contributed by atoms with E-state index in [9.17, 15) is 14.2 Å². The lowest BCUT2D eigenvalue weighted by Gasteiger charge is -2.16. The highest BCUT2D eigenvalue weighted by molar-refractivity contribution is 7.52. The van der Waals surface area contributed by atoms with Crippen molar-refractivity contribution in [3.63, 3.8) is 0 Å². The van der Waals surface area contributed by atoms with Crippen LogP contribution in [0, 0.1) is 0 Å². The minimum atomic E-state index is -3.86. The molecule has 0 saturated carbocycles. The molecule has 0 rings (SSSR count). The molecule has 0 aromatic rings. The molecule has 0 aliphatic heterocycles. The van der Waals surface area contributed by atoms with Crippen LogP contribution in [0.4, 0.5) is 4.79 Å². The van der Waals surface area contributed by atoms with Gasteiger partial charge in [0.25, 0.3) is 0 Å². The molecule has 2 N–H and O–H groups in total. The highest BCUT2D eigenvalue weighted by Gasteiger charge is 2.28. The Balaban J connectivity index is 4.22. The quantitative estimate of drug-likeness (QED) is 0.526. The van der Waals surface area contributed by atoms with E-state index in [0.29, 0.717) is 0 Å². The van der Waals surface area contributed by atoms with Gasteiger partial charge in [-0.1, -0.05) is 0 Å². The van der Waals surface area contributed by atoms with E-state index in [-0.39, 0.29) is 13.0 Å². The molecule has 0 amide bonds. The minimum Gasteiger partial charge on any atom is -0.481 e. The van der Waals surface area contributed by atoms with Gasteiger partial charge in [-0.25, -0.2) is 14.4 Å². The standard InChI is InChI=1S/C8H16NO7P/c1-6(2)15-8(12)16-17(13,14-3)9-5-4-7(10)11/h6H,4-5H2,1-3H3,(H,9,13)(H,10,11). The molecular weight excluding hydrogens is 253 g/mol. The van der Waals surface area contributed by atoms with Gasteiger partial charge in [-0.15, -0.1) is 0 Å². The number of carbonyl (C=O) groups is 2. The summed E-state index contributed by atoms with van der Waals surface area (Å²) in [6.45, 7) is 3.03. The Kier molecular flexibility index (Phi) is 6.79. The summed E-state index contributed by atoms with van der Waals surface area (Å²) in [4.78, 5) is 21.3. The van der Waals surface area contributed by atoms with Crippen LogP contribution in [0.15, 0.2) is 0 Å². The van der Waals surface area contributed by atoms with Crippen molar-refractivity contribution < 1.29 is 33.0 Å². The molecule has 17 heavy (non-hydrogen) atoms. The number of carboxylic acids is 1. The Bertz CT molecular complexity index is 317. The number of nitrogens with one attached hydrogen (secondary N) is 1. The Morgan fingerprint density at radius 3 is 2.41 bits per heavy atom. The average Bonchev–Trinajstić information content (AvgIpc) is 2.15. The molecule has 1 unspecified atom stereocenters. The fraction of sp³-hybridized carbons (Fsp3) is 0.750. The molecule has 0 aliphatic rings. The van der Waals surface area contributed by atoms with Crippen molar-refractivity contribution in [2.45, 2.75) is 26.4 Å². The Hall–Kier alpha value is -1.11. The molecule has 0 aromatic carbocycles. The number of carbonyl (C=O) groups excluding carboxylic acids is 1. The van der Waals surface area contributed by atoms with Crippen molar-refractivity contribution in [3.05, 3.63) is 0 Å². The first kappa shape index (κ1) is 15.9. The third kappa shape index (κ3) is 7.73. The predicted molar refractivity (Wildman–Crippen MR) is 57.6 cm³/mol. The maximum atomic E-state index is 11.7. The van der Waals surface area contributed by atoms with Gasteiger partial charge in [-0.3, -0.25) is 9.32 Å². The molecule has 0 saturated heterocycles. The molecular formula is C8H16NO7P. The fourth-order valence-corrected chi connectivity index (χ4v) is 1.64. The number of hydrogen-bond donors (Lipinski definition) is 2. The van der Waals surface area contributed by atoms with Crippen LogP contribution in [0.5, 0.6) is 0 Å². The van der Waals surface area contributed by atoms with Gasteiger partial charge in [0.15, 0.2) is 0 Å². The summed E-state index contributed by atoms with van der Waals surface area (Å²) in [5, 5.41) is 10.6. The second kappa shape index (κ2) is 7.26. The number of hydrogen-bond acceptors (Lipinski definition) is 6. The second-order valence-corrected chi connectivity index (χ2v) is 5.10. The van der Waals surface area contributed by atoms with E-state index in [0.717, 1.165) is 7.11 Å². The first-order valence-electron chi connectivity index (χ1n) is 4.82. The normalized spacial score (nSPS) is 14.1. The molecule has 9 heteroatoms. The van der Waals surface area contributed by atoms with Crippen molar-refractivity contribution in [1.82, 2.24) is 5.09 Å². The molecule has 1 atom stereocenters. The lowest BCUT2D eigenvalue weighted by molar-refractivity contribution is -0.136. The van der Waals surface area contributed by atoms with Crippen LogP contribution in [0.2, 0.25) is 0 Å². The molecule has 0 bridgehead atoms. The molecule has 0 spiro atoms. The van der Waals surface area contributed by atoms with E-state index in [4.69, 9.17) is 5.11 Å². The van der Waals surface area contributed by atoms with Crippen molar-refractivity contribution >= 4 is 19.9 Å². The second-order valence-electron chi connectivity index (χ2n) is 3.24. The van der Waals surface area contributed by atoms with Gasteiger partial charge in [-0.05, 0) is 13.8 Å². The van der Waals surface area contributed by atoms with E-state index in [1.807, 2.05) is 0 Å². The fourth-order valence-electron chi connectivity index (χ4n) is 0.746. The summed E-state index contributed by atoms with van der Waals surface area (Å²) >= 11 is 0. The van der Waals surface area contributed by atoms with Gasteiger partial charge in [-0.2, -0.15) is 0 Å². The van der Waals surface area contributed by atoms with Crippen molar-refractivity contribution in [2.75, 3.05) is 13.7 Å². The van der Waals surface area contributed by atoms with Crippen LogP contribution >= 0.6 is 7.75 Å². The lowest BCUT2D eigenvalue weighted by Crippen LogP contribution is -2.21. The van der Waals surface area contributed by atoms with Crippen LogP contribution in [0.25, 0.3) is 0 Å². The first-order valence-corrected chi connectivity index (χ1v) is 6.36. The van der Waals surface area contributed by atoms with E-state index in [1.165, 1.54) is 0 Å². The first-order chi connectivity index (χ1) is 7.79. The number of rotatable bonds is 7. The summed E-state index contributed by atoms with van der Waals surface area (Å²) in [5.74, 6) is -1.08. The van der Waals surface area contributed by atoms with E-state index in [1.54, 1.807) is 13.8 Å². The van der Waals surface area contributed by atoms with Crippen LogP contribution in [0.1, 0.15) is 20.3 Å².